The van der Waals surface area contributed by atoms with Crippen LogP contribution in [0.2, 0.25) is 0 Å². The first kappa shape index (κ1) is 18.1. The fourth-order valence-corrected chi connectivity index (χ4v) is 3.38. The van der Waals surface area contributed by atoms with Crippen molar-refractivity contribution in [2.75, 3.05) is 23.3 Å². The van der Waals surface area contributed by atoms with Gasteiger partial charge in [-0.2, -0.15) is 4.98 Å². The molecule has 1 atom stereocenters. The van der Waals surface area contributed by atoms with Crippen molar-refractivity contribution >= 4 is 17.5 Å². The molecule has 1 fully saturated rings. The van der Waals surface area contributed by atoms with Gasteiger partial charge in [-0.05, 0) is 50.5 Å². The maximum Gasteiger partial charge on any atom is 0.261 e. The number of rotatable bonds is 4. The Morgan fingerprint density at radius 2 is 2.14 bits per heavy atom. The van der Waals surface area contributed by atoms with E-state index in [0.29, 0.717) is 24.1 Å². The standard InChI is InChI=1S/C20H22N6O2/c1-13-7-8-17(22-11-13)24-19(27)15-5-4-10-26(12-15)18-16(6-3-9-21-18)20-23-14(2)25-28-20/h3,6-9,11,15H,4-5,10,12H2,1-2H3,(H,22,24,27). The van der Waals surface area contributed by atoms with E-state index < -0.39 is 0 Å². The van der Waals surface area contributed by atoms with E-state index in [0.717, 1.165) is 36.3 Å². The van der Waals surface area contributed by atoms with Gasteiger partial charge in [0.2, 0.25) is 5.91 Å². The Kier molecular flexibility index (Phi) is 5.01. The molecule has 1 unspecified atom stereocenters. The third-order valence-electron chi connectivity index (χ3n) is 4.80. The Morgan fingerprint density at radius 1 is 1.25 bits per heavy atom. The predicted molar refractivity (Wildman–Crippen MR) is 105 cm³/mol. The molecule has 0 spiro atoms. The van der Waals surface area contributed by atoms with Crippen LogP contribution < -0.4 is 10.2 Å². The average Bonchev–Trinajstić information content (AvgIpc) is 3.16. The van der Waals surface area contributed by atoms with Crippen LogP contribution in [0.15, 0.2) is 41.2 Å². The van der Waals surface area contributed by atoms with E-state index in [1.165, 1.54) is 0 Å². The molecule has 1 amide bonds. The quantitative estimate of drug-likeness (QED) is 0.745. The number of amides is 1. The second kappa shape index (κ2) is 7.75. The number of aryl methyl sites for hydroxylation is 2. The van der Waals surface area contributed by atoms with Crippen LogP contribution in [-0.4, -0.2) is 39.1 Å². The molecule has 4 heterocycles. The number of anilines is 2. The summed E-state index contributed by atoms with van der Waals surface area (Å²) in [7, 11) is 0. The van der Waals surface area contributed by atoms with Gasteiger partial charge in [-0.1, -0.05) is 11.2 Å². The van der Waals surface area contributed by atoms with Crippen molar-refractivity contribution < 1.29 is 9.32 Å². The van der Waals surface area contributed by atoms with Crippen molar-refractivity contribution in [2.45, 2.75) is 26.7 Å². The lowest BCUT2D eigenvalue weighted by atomic mass is 9.96. The molecular weight excluding hydrogens is 356 g/mol. The van der Waals surface area contributed by atoms with Crippen LogP contribution in [0.4, 0.5) is 11.6 Å². The van der Waals surface area contributed by atoms with Gasteiger partial charge in [-0.3, -0.25) is 4.79 Å². The zero-order valence-electron chi connectivity index (χ0n) is 15.9. The number of carbonyl (C=O) groups excluding carboxylic acids is 1. The van der Waals surface area contributed by atoms with Gasteiger partial charge in [0, 0.05) is 25.5 Å². The molecule has 0 saturated carbocycles. The molecule has 1 N–H and O–H groups in total. The van der Waals surface area contributed by atoms with Gasteiger partial charge in [-0.25, -0.2) is 9.97 Å². The zero-order chi connectivity index (χ0) is 19.5. The Balaban J connectivity index is 1.51. The van der Waals surface area contributed by atoms with Gasteiger partial charge in [-0.15, -0.1) is 0 Å². The second-order valence-electron chi connectivity index (χ2n) is 7.02. The summed E-state index contributed by atoms with van der Waals surface area (Å²) in [4.78, 5) is 28.0. The van der Waals surface area contributed by atoms with Crippen LogP contribution >= 0.6 is 0 Å². The first-order valence-electron chi connectivity index (χ1n) is 9.34. The lowest BCUT2D eigenvalue weighted by Crippen LogP contribution is -2.41. The summed E-state index contributed by atoms with van der Waals surface area (Å²) in [5.41, 5.74) is 1.84. The molecular formula is C20H22N6O2. The lowest BCUT2D eigenvalue weighted by Gasteiger charge is -2.33. The van der Waals surface area contributed by atoms with Gasteiger partial charge < -0.3 is 14.7 Å². The Hall–Kier alpha value is -3.29. The van der Waals surface area contributed by atoms with E-state index in [1.807, 2.05) is 31.2 Å². The van der Waals surface area contributed by atoms with Crippen molar-refractivity contribution in [3.63, 3.8) is 0 Å². The van der Waals surface area contributed by atoms with Crippen LogP contribution in [-0.2, 0) is 4.79 Å². The molecule has 0 bridgehead atoms. The van der Waals surface area contributed by atoms with Crippen molar-refractivity contribution in [1.29, 1.82) is 0 Å². The van der Waals surface area contributed by atoms with Crippen molar-refractivity contribution in [2.24, 2.45) is 5.92 Å². The molecule has 0 aromatic carbocycles. The molecule has 144 valence electrons. The number of nitrogens with zero attached hydrogens (tertiary/aromatic N) is 5. The van der Waals surface area contributed by atoms with Crippen molar-refractivity contribution in [3.05, 3.63) is 48.0 Å². The monoisotopic (exact) mass is 378 g/mol. The molecule has 8 nitrogen and oxygen atoms in total. The Morgan fingerprint density at radius 3 is 2.89 bits per heavy atom. The summed E-state index contributed by atoms with van der Waals surface area (Å²) >= 11 is 0. The van der Waals surface area contributed by atoms with Gasteiger partial charge in [0.25, 0.3) is 5.89 Å². The second-order valence-corrected chi connectivity index (χ2v) is 7.02. The third-order valence-corrected chi connectivity index (χ3v) is 4.80. The van der Waals surface area contributed by atoms with Gasteiger partial charge >= 0.3 is 0 Å². The van der Waals surface area contributed by atoms with Crippen LogP contribution in [0.3, 0.4) is 0 Å². The maximum atomic E-state index is 12.7. The highest BCUT2D eigenvalue weighted by Gasteiger charge is 2.28. The van der Waals surface area contributed by atoms with Gasteiger partial charge in [0.05, 0.1) is 11.5 Å². The summed E-state index contributed by atoms with van der Waals surface area (Å²) in [6.07, 6.45) is 5.21. The van der Waals surface area contributed by atoms with Crippen molar-refractivity contribution in [1.82, 2.24) is 20.1 Å². The number of pyridine rings is 2. The largest absolute Gasteiger partial charge is 0.355 e. The molecule has 1 saturated heterocycles. The fraction of sp³-hybridized carbons (Fsp3) is 0.350. The normalized spacial score (nSPS) is 16.8. The van der Waals surface area contributed by atoms with E-state index in [1.54, 1.807) is 19.3 Å². The summed E-state index contributed by atoms with van der Waals surface area (Å²) in [5, 5.41) is 6.79. The minimum Gasteiger partial charge on any atom is -0.355 e. The molecule has 3 aromatic rings. The van der Waals surface area contributed by atoms with Crippen LogP contribution in [0.5, 0.6) is 0 Å². The molecule has 0 radical (unpaired) electrons. The molecule has 8 heteroatoms. The first-order valence-corrected chi connectivity index (χ1v) is 9.34. The van der Waals surface area contributed by atoms with E-state index >= 15 is 0 Å². The molecule has 0 aliphatic carbocycles. The molecule has 1 aliphatic heterocycles. The lowest BCUT2D eigenvalue weighted by molar-refractivity contribution is -0.120. The minimum absolute atomic E-state index is 0.0211. The van der Waals surface area contributed by atoms with E-state index in [9.17, 15) is 4.79 Å². The van der Waals surface area contributed by atoms with E-state index in [4.69, 9.17) is 4.52 Å². The number of carbonyl (C=O) groups is 1. The van der Waals surface area contributed by atoms with E-state index in [-0.39, 0.29) is 11.8 Å². The highest BCUT2D eigenvalue weighted by atomic mass is 16.5. The van der Waals surface area contributed by atoms with Crippen LogP contribution in [0.1, 0.15) is 24.2 Å². The first-order chi connectivity index (χ1) is 13.6. The summed E-state index contributed by atoms with van der Waals surface area (Å²) in [5.74, 6) is 2.19. The molecule has 4 rings (SSSR count). The average molecular weight is 378 g/mol. The van der Waals surface area contributed by atoms with Gasteiger partial charge in [0.1, 0.15) is 11.6 Å². The molecule has 3 aromatic heterocycles. The topological polar surface area (TPSA) is 97.0 Å². The highest BCUT2D eigenvalue weighted by molar-refractivity contribution is 5.92. The molecule has 28 heavy (non-hydrogen) atoms. The number of hydrogen-bond acceptors (Lipinski definition) is 7. The minimum atomic E-state index is -0.142. The van der Waals surface area contributed by atoms with Gasteiger partial charge in [0.15, 0.2) is 5.82 Å². The fourth-order valence-electron chi connectivity index (χ4n) is 3.38. The van der Waals surface area contributed by atoms with Crippen LogP contribution in [0.25, 0.3) is 11.5 Å². The summed E-state index contributed by atoms with van der Waals surface area (Å²) < 4.78 is 5.33. The number of hydrogen-bond donors (Lipinski definition) is 1. The third kappa shape index (κ3) is 3.85. The number of piperidine rings is 1. The van der Waals surface area contributed by atoms with Crippen molar-refractivity contribution in [3.8, 4) is 11.5 Å². The maximum absolute atomic E-state index is 12.7. The Labute approximate surface area is 163 Å². The smallest absolute Gasteiger partial charge is 0.261 e. The predicted octanol–water partition coefficient (Wildman–Crippen LogP) is 3.00. The number of aromatic nitrogens is 4. The highest BCUT2D eigenvalue weighted by Crippen LogP contribution is 2.31. The molecule has 1 aliphatic rings. The Bertz CT molecular complexity index is 969. The van der Waals surface area contributed by atoms with E-state index in [2.05, 4.69) is 30.3 Å². The number of nitrogens with one attached hydrogen (secondary N) is 1. The zero-order valence-corrected chi connectivity index (χ0v) is 15.9. The van der Waals surface area contributed by atoms with Crippen LogP contribution in [0, 0.1) is 19.8 Å². The SMILES string of the molecule is Cc1ccc(NC(=O)C2CCCN(c3ncccc3-c3nc(C)no3)C2)nc1. The summed E-state index contributed by atoms with van der Waals surface area (Å²) in [6, 6.07) is 7.51. The summed E-state index contributed by atoms with van der Waals surface area (Å²) in [6.45, 7) is 5.15.